The van der Waals surface area contributed by atoms with Crippen LogP contribution in [0, 0.1) is 19.7 Å². The predicted octanol–water partition coefficient (Wildman–Crippen LogP) is 1.99. The molecule has 0 aromatic carbocycles. The molecule has 1 aliphatic rings. The van der Waals surface area contributed by atoms with E-state index in [1.165, 1.54) is 6.92 Å². The summed E-state index contributed by atoms with van der Waals surface area (Å²) < 4.78 is 21.8. The molecule has 2 aromatic rings. The van der Waals surface area contributed by atoms with Crippen LogP contribution in [0.15, 0.2) is 6.07 Å². The summed E-state index contributed by atoms with van der Waals surface area (Å²) >= 11 is 0. The zero-order valence-electron chi connectivity index (χ0n) is 15.4. The monoisotopic (exact) mass is 362 g/mol. The van der Waals surface area contributed by atoms with Crippen molar-refractivity contribution in [3.63, 3.8) is 0 Å². The first-order chi connectivity index (χ1) is 12.4. The molecule has 9 heteroatoms. The van der Waals surface area contributed by atoms with Crippen molar-refractivity contribution in [2.24, 2.45) is 0 Å². The molecule has 1 unspecified atom stereocenters. The highest BCUT2D eigenvalue weighted by Crippen LogP contribution is 2.30. The maximum Gasteiger partial charge on any atom is 0.254 e. The van der Waals surface area contributed by atoms with E-state index in [0.717, 1.165) is 24.2 Å². The Kier molecular flexibility index (Phi) is 5.17. The minimum absolute atomic E-state index is 0.0304. The van der Waals surface area contributed by atoms with Crippen molar-refractivity contribution in [1.82, 2.24) is 19.7 Å². The molecule has 0 radical (unpaired) electrons. The fourth-order valence-corrected chi connectivity index (χ4v) is 3.27. The van der Waals surface area contributed by atoms with Gasteiger partial charge in [-0.3, -0.25) is 4.79 Å². The minimum Gasteiger partial charge on any atom is -0.383 e. The lowest BCUT2D eigenvalue weighted by atomic mass is 10.2. The SMILES string of the molecule is COCC1CCCN1c1nc(-n2nc(C)cc2C)nc(NC(C)=O)c1F. The van der Waals surface area contributed by atoms with E-state index in [0.29, 0.717) is 13.2 Å². The van der Waals surface area contributed by atoms with E-state index in [2.05, 4.69) is 20.4 Å². The van der Waals surface area contributed by atoms with Gasteiger partial charge in [0.15, 0.2) is 11.6 Å². The van der Waals surface area contributed by atoms with Crippen LogP contribution in [-0.2, 0) is 9.53 Å². The molecule has 140 valence electrons. The molecule has 0 saturated carbocycles. The maximum atomic E-state index is 15.0. The molecule has 3 rings (SSSR count). The van der Waals surface area contributed by atoms with Crippen LogP contribution < -0.4 is 10.2 Å². The smallest absolute Gasteiger partial charge is 0.254 e. The normalized spacial score (nSPS) is 17.0. The Morgan fingerprint density at radius 1 is 1.42 bits per heavy atom. The van der Waals surface area contributed by atoms with Gasteiger partial charge in [0, 0.05) is 26.3 Å². The quantitative estimate of drug-likeness (QED) is 0.876. The minimum atomic E-state index is -0.645. The van der Waals surface area contributed by atoms with Gasteiger partial charge in [-0.25, -0.2) is 4.68 Å². The highest BCUT2D eigenvalue weighted by atomic mass is 19.1. The Morgan fingerprint density at radius 2 is 2.19 bits per heavy atom. The van der Waals surface area contributed by atoms with Gasteiger partial charge in [0.05, 0.1) is 18.3 Å². The fourth-order valence-electron chi connectivity index (χ4n) is 3.27. The lowest BCUT2D eigenvalue weighted by molar-refractivity contribution is -0.114. The highest BCUT2D eigenvalue weighted by molar-refractivity contribution is 5.88. The number of carbonyl (C=O) groups excluding carboxylic acids is 1. The van der Waals surface area contributed by atoms with E-state index >= 15 is 4.39 Å². The number of hydrogen-bond donors (Lipinski definition) is 1. The van der Waals surface area contributed by atoms with Crippen molar-refractivity contribution in [2.45, 2.75) is 39.7 Å². The zero-order chi connectivity index (χ0) is 18.8. The van der Waals surface area contributed by atoms with Crippen molar-refractivity contribution in [3.05, 3.63) is 23.3 Å². The van der Waals surface area contributed by atoms with Gasteiger partial charge in [-0.05, 0) is 32.8 Å². The standard InChI is InChI=1S/C17H23FN6O2/c1-10-8-11(2)24(22-10)17-20-15(19-12(3)25)14(18)16(21-17)23-7-5-6-13(23)9-26-4/h8,13H,5-7,9H2,1-4H3,(H,19,20,21,25). The van der Waals surface area contributed by atoms with Crippen LogP contribution in [0.25, 0.3) is 5.95 Å². The molecule has 1 N–H and O–H groups in total. The molecule has 1 saturated heterocycles. The number of rotatable bonds is 5. The summed E-state index contributed by atoms with van der Waals surface area (Å²) in [5.41, 5.74) is 1.63. The molecule has 0 bridgehead atoms. The summed E-state index contributed by atoms with van der Waals surface area (Å²) in [7, 11) is 1.62. The van der Waals surface area contributed by atoms with Crippen LogP contribution in [0.5, 0.6) is 0 Å². The Bertz CT molecular complexity index is 822. The van der Waals surface area contributed by atoms with E-state index in [9.17, 15) is 4.79 Å². The molecular weight excluding hydrogens is 339 g/mol. The Morgan fingerprint density at radius 3 is 2.81 bits per heavy atom. The predicted molar refractivity (Wildman–Crippen MR) is 95.1 cm³/mol. The summed E-state index contributed by atoms with van der Waals surface area (Å²) in [6.07, 6.45) is 1.81. The van der Waals surface area contributed by atoms with E-state index in [1.807, 2.05) is 24.8 Å². The molecule has 0 spiro atoms. The third-order valence-corrected chi connectivity index (χ3v) is 4.32. The molecule has 2 aromatic heterocycles. The molecule has 3 heterocycles. The van der Waals surface area contributed by atoms with Gasteiger partial charge in [0.1, 0.15) is 0 Å². The summed E-state index contributed by atoms with van der Waals surface area (Å²) in [5, 5.41) is 6.82. The molecule has 0 aliphatic carbocycles. The molecule has 1 amide bonds. The second-order valence-corrected chi connectivity index (χ2v) is 6.47. The number of ether oxygens (including phenoxy) is 1. The number of halogens is 1. The summed E-state index contributed by atoms with van der Waals surface area (Å²) in [6, 6.07) is 1.91. The van der Waals surface area contributed by atoms with Crippen LogP contribution >= 0.6 is 0 Å². The van der Waals surface area contributed by atoms with Gasteiger partial charge in [0.25, 0.3) is 5.95 Å². The second-order valence-electron chi connectivity index (χ2n) is 6.47. The lowest BCUT2D eigenvalue weighted by Gasteiger charge is -2.26. The third kappa shape index (κ3) is 3.52. The Hall–Kier alpha value is -2.55. The average molecular weight is 362 g/mol. The van der Waals surface area contributed by atoms with Gasteiger partial charge < -0.3 is 15.0 Å². The summed E-state index contributed by atoms with van der Waals surface area (Å²) in [6.45, 7) is 6.19. The Balaban J connectivity index is 2.11. The van der Waals surface area contributed by atoms with E-state index in [4.69, 9.17) is 4.74 Å². The van der Waals surface area contributed by atoms with Crippen molar-refractivity contribution in [2.75, 3.05) is 30.5 Å². The molecule has 1 atom stereocenters. The first kappa shape index (κ1) is 18.2. The lowest BCUT2D eigenvalue weighted by Crippen LogP contribution is -2.35. The third-order valence-electron chi connectivity index (χ3n) is 4.32. The Labute approximate surface area is 151 Å². The number of carbonyl (C=O) groups is 1. The van der Waals surface area contributed by atoms with E-state index in [-0.39, 0.29) is 23.6 Å². The van der Waals surface area contributed by atoms with Crippen molar-refractivity contribution >= 4 is 17.5 Å². The topological polar surface area (TPSA) is 85.2 Å². The number of anilines is 2. The molecule has 1 aliphatic heterocycles. The van der Waals surface area contributed by atoms with Gasteiger partial charge in [-0.1, -0.05) is 0 Å². The maximum absolute atomic E-state index is 15.0. The molecule has 26 heavy (non-hydrogen) atoms. The van der Waals surface area contributed by atoms with Gasteiger partial charge in [0.2, 0.25) is 11.7 Å². The van der Waals surface area contributed by atoms with Crippen LogP contribution in [0.3, 0.4) is 0 Å². The van der Waals surface area contributed by atoms with Crippen LogP contribution in [-0.4, -0.2) is 52.0 Å². The fraction of sp³-hybridized carbons (Fsp3) is 0.529. The van der Waals surface area contributed by atoms with Gasteiger partial charge in [-0.15, -0.1) is 0 Å². The average Bonchev–Trinajstić information content (AvgIpc) is 3.15. The first-order valence-corrected chi connectivity index (χ1v) is 8.55. The summed E-state index contributed by atoms with van der Waals surface area (Å²) in [4.78, 5) is 22.0. The number of methoxy groups -OCH3 is 1. The van der Waals surface area contributed by atoms with Gasteiger partial charge in [-0.2, -0.15) is 19.5 Å². The molecule has 1 fully saturated rings. The van der Waals surface area contributed by atoms with E-state index in [1.54, 1.807) is 11.8 Å². The second kappa shape index (κ2) is 7.36. The number of aryl methyl sites for hydroxylation is 2. The highest BCUT2D eigenvalue weighted by Gasteiger charge is 2.30. The number of nitrogens with one attached hydrogen (secondary N) is 1. The van der Waals surface area contributed by atoms with Crippen molar-refractivity contribution in [1.29, 1.82) is 0 Å². The summed E-state index contributed by atoms with van der Waals surface area (Å²) in [5.74, 6) is -0.811. The molecule has 8 nitrogen and oxygen atoms in total. The zero-order valence-corrected chi connectivity index (χ0v) is 15.4. The van der Waals surface area contributed by atoms with Crippen molar-refractivity contribution < 1.29 is 13.9 Å². The van der Waals surface area contributed by atoms with Crippen LogP contribution in [0.2, 0.25) is 0 Å². The van der Waals surface area contributed by atoms with Crippen LogP contribution in [0.1, 0.15) is 31.2 Å². The number of aromatic nitrogens is 4. The molecular formula is C17H23FN6O2. The van der Waals surface area contributed by atoms with Crippen molar-refractivity contribution in [3.8, 4) is 5.95 Å². The van der Waals surface area contributed by atoms with Gasteiger partial charge >= 0.3 is 0 Å². The number of nitrogens with zero attached hydrogens (tertiary/aromatic N) is 5. The number of amides is 1. The van der Waals surface area contributed by atoms with E-state index < -0.39 is 11.7 Å². The number of hydrogen-bond acceptors (Lipinski definition) is 6. The largest absolute Gasteiger partial charge is 0.383 e. The first-order valence-electron chi connectivity index (χ1n) is 8.55. The van der Waals surface area contributed by atoms with Crippen LogP contribution in [0.4, 0.5) is 16.0 Å².